The van der Waals surface area contributed by atoms with Crippen LogP contribution in [0.2, 0.25) is 0 Å². The molecule has 0 aromatic carbocycles. The normalized spacial score (nSPS) is 9.06. The lowest BCUT2D eigenvalue weighted by Crippen LogP contribution is -2.05. The minimum Gasteiger partial charge on any atom is -0.400 e. The molecular weight excluding hydrogens is 228 g/mol. The summed E-state index contributed by atoms with van der Waals surface area (Å²) in [6.07, 6.45) is 5.22. The van der Waals surface area contributed by atoms with Crippen molar-refractivity contribution in [1.82, 2.24) is 0 Å². The molecule has 0 aliphatic carbocycles. The molecule has 0 radical (unpaired) electrons. The van der Waals surface area contributed by atoms with Crippen molar-refractivity contribution in [3.8, 4) is 0 Å². The average Bonchev–Trinajstić information content (AvgIpc) is 2.42. The molecule has 0 heterocycles. The number of aliphatic hydroxyl groups excluding tert-OH is 1. The van der Waals surface area contributed by atoms with E-state index in [1.54, 1.807) is 25.2 Å². The lowest BCUT2D eigenvalue weighted by Gasteiger charge is -1.96. The second-order valence-corrected chi connectivity index (χ2v) is 2.55. The highest BCUT2D eigenvalue weighted by Crippen LogP contribution is 2.02. The smallest absolute Gasteiger partial charge is 0.169 e. The van der Waals surface area contributed by atoms with Crippen molar-refractivity contribution in [2.24, 2.45) is 0 Å². The van der Waals surface area contributed by atoms with Crippen LogP contribution >= 0.6 is 0 Å². The van der Waals surface area contributed by atoms with Crippen LogP contribution in [-0.2, 0) is 9.59 Å². The van der Waals surface area contributed by atoms with Gasteiger partial charge in [0.1, 0.15) is 5.78 Å². The Morgan fingerprint density at radius 3 is 1.61 bits per heavy atom. The molecule has 0 aliphatic heterocycles. The molecule has 0 amide bonds. The van der Waals surface area contributed by atoms with Gasteiger partial charge in [-0.1, -0.05) is 45.9 Å². The number of allylic oxidation sites excluding steroid dienone is 4. The number of Topliss-reactive ketones (excluding diaryl/α,β-unsaturated/α-hetero) is 2. The fourth-order valence-corrected chi connectivity index (χ4v) is 0.858. The monoisotopic (exact) mass is 258 g/mol. The van der Waals surface area contributed by atoms with Crippen LogP contribution in [0.5, 0.6) is 0 Å². The zero-order valence-corrected chi connectivity index (χ0v) is 13.2. The summed E-state index contributed by atoms with van der Waals surface area (Å²) in [5, 5.41) is 7.00. The maximum absolute atomic E-state index is 11.2. The number of carbonyl (C=O) groups is 2. The fraction of sp³-hybridized carbons (Fsp3) is 0.600. The van der Waals surface area contributed by atoms with Crippen molar-refractivity contribution in [1.29, 1.82) is 0 Å². The second kappa shape index (κ2) is 24.8. The summed E-state index contributed by atoms with van der Waals surface area (Å²) in [4.78, 5) is 21.8. The molecule has 0 aromatic heterocycles. The van der Waals surface area contributed by atoms with Gasteiger partial charge in [0.25, 0.3) is 0 Å². The number of rotatable bonds is 4. The predicted molar refractivity (Wildman–Crippen MR) is 79.7 cm³/mol. The topological polar surface area (TPSA) is 54.4 Å². The number of hydrogen-bond acceptors (Lipinski definition) is 3. The van der Waals surface area contributed by atoms with Gasteiger partial charge in [-0.05, 0) is 20.8 Å². The Morgan fingerprint density at radius 2 is 1.39 bits per heavy atom. The molecule has 0 bridgehead atoms. The van der Waals surface area contributed by atoms with Gasteiger partial charge in [0, 0.05) is 12.7 Å². The molecule has 0 unspecified atom stereocenters. The van der Waals surface area contributed by atoms with E-state index in [2.05, 4.69) is 0 Å². The average molecular weight is 258 g/mol. The van der Waals surface area contributed by atoms with Crippen molar-refractivity contribution in [2.45, 2.75) is 54.9 Å². The highest BCUT2D eigenvalue weighted by molar-refractivity contribution is 6.08. The molecule has 0 aliphatic rings. The zero-order chi connectivity index (χ0) is 15.6. The van der Waals surface area contributed by atoms with E-state index in [4.69, 9.17) is 5.11 Å². The van der Waals surface area contributed by atoms with E-state index in [0.29, 0.717) is 5.57 Å². The fourth-order valence-electron chi connectivity index (χ4n) is 0.858. The van der Waals surface area contributed by atoms with Crippen molar-refractivity contribution < 1.29 is 14.7 Å². The minimum atomic E-state index is -0.108. The van der Waals surface area contributed by atoms with E-state index < -0.39 is 0 Å². The Bertz CT molecular complexity index is 238. The van der Waals surface area contributed by atoms with Crippen LogP contribution in [0.3, 0.4) is 0 Å². The van der Waals surface area contributed by atoms with E-state index in [1.807, 2.05) is 34.6 Å². The predicted octanol–water partition coefficient (Wildman–Crippen LogP) is 3.72. The summed E-state index contributed by atoms with van der Waals surface area (Å²) in [6.45, 7) is 13.0. The van der Waals surface area contributed by atoms with Gasteiger partial charge in [-0.15, -0.1) is 0 Å². The summed E-state index contributed by atoms with van der Waals surface area (Å²) < 4.78 is 0. The summed E-state index contributed by atoms with van der Waals surface area (Å²) in [5.41, 5.74) is 0.604. The van der Waals surface area contributed by atoms with Gasteiger partial charge in [-0.25, -0.2) is 0 Å². The van der Waals surface area contributed by atoms with E-state index in [0.717, 1.165) is 7.11 Å². The largest absolute Gasteiger partial charge is 0.400 e. The second-order valence-electron chi connectivity index (χ2n) is 2.55. The first-order chi connectivity index (χ1) is 8.61. The third kappa shape index (κ3) is 20.2. The van der Waals surface area contributed by atoms with E-state index in [9.17, 15) is 9.59 Å². The van der Waals surface area contributed by atoms with Crippen LogP contribution in [-0.4, -0.2) is 23.8 Å². The molecule has 3 heteroatoms. The summed E-state index contributed by atoms with van der Waals surface area (Å²) in [6, 6.07) is 0. The van der Waals surface area contributed by atoms with Gasteiger partial charge < -0.3 is 5.11 Å². The molecule has 0 saturated carbocycles. The zero-order valence-electron chi connectivity index (χ0n) is 13.2. The molecule has 18 heavy (non-hydrogen) atoms. The molecular formula is C15H30O3. The maximum atomic E-state index is 11.2. The summed E-state index contributed by atoms with van der Waals surface area (Å²) in [7, 11) is 1.00. The van der Waals surface area contributed by atoms with Crippen LogP contribution in [0.25, 0.3) is 0 Å². The maximum Gasteiger partial charge on any atom is 0.169 e. The summed E-state index contributed by atoms with van der Waals surface area (Å²) >= 11 is 0. The highest BCUT2D eigenvalue weighted by atomic mass is 16.2. The molecule has 0 rings (SSSR count). The van der Waals surface area contributed by atoms with E-state index in [-0.39, 0.29) is 18.0 Å². The van der Waals surface area contributed by atoms with E-state index >= 15 is 0 Å². The Morgan fingerprint density at radius 1 is 1.00 bits per heavy atom. The Hall–Kier alpha value is -1.22. The highest BCUT2D eigenvalue weighted by Gasteiger charge is 2.07. The van der Waals surface area contributed by atoms with Gasteiger partial charge in [-0.2, -0.15) is 0 Å². The standard InChI is InChI=1S/C10H14O2.2C2H6.CH4O/c1-4-6-9(5-2)10(12)7-8(3)11;3*1-2/h4-6H,7H2,1-3H3;2*1-2H3;2H,1H3/b6-4-,9-5+;;;. The number of carbonyl (C=O) groups excluding carboxylic acids is 2. The third-order valence-electron chi connectivity index (χ3n) is 1.39. The van der Waals surface area contributed by atoms with Crippen LogP contribution < -0.4 is 0 Å². The lowest BCUT2D eigenvalue weighted by molar-refractivity contribution is -0.123. The van der Waals surface area contributed by atoms with Gasteiger partial charge >= 0.3 is 0 Å². The molecule has 0 aromatic rings. The Labute approximate surface area is 113 Å². The van der Waals surface area contributed by atoms with Crippen molar-refractivity contribution in [3.05, 3.63) is 23.8 Å². The van der Waals surface area contributed by atoms with Gasteiger partial charge in [0.2, 0.25) is 0 Å². The Kier molecular flexibility index (Phi) is 35.3. The van der Waals surface area contributed by atoms with Crippen molar-refractivity contribution in [3.63, 3.8) is 0 Å². The van der Waals surface area contributed by atoms with Gasteiger partial charge in [0.15, 0.2) is 5.78 Å². The van der Waals surface area contributed by atoms with E-state index in [1.165, 1.54) is 6.92 Å². The first kappa shape index (κ1) is 25.6. The molecule has 0 fully saturated rings. The molecule has 108 valence electrons. The van der Waals surface area contributed by atoms with Crippen molar-refractivity contribution >= 4 is 11.6 Å². The Balaban J connectivity index is -0.000000141. The van der Waals surface area contributed by atoms with Crippen LogP contribution in [0.1, 0.15) is 54.9 Å². The molecule has 1 N–H and O–H groups in total. The number of hydrogen-bond donors (Lipinski definition) is 1. The third-order valence-corrected chi connectivity index (χ3v) is 1.39. The molecule has 3 nitrogen and oxygen atoms in total. The first-order valence-electron chi connectivity index (χ1n) is 6.38. The van der Waals surface area contributed by atoms with Crippen molar-refractivity contribution in [2.75, 3.05) is 7.11 Å². The quantitative estimate of drug-likeness (QED) is 0.475. The number of ketones is 2. The van der Waals surface area contributed by atoms with Gasteiger partial charge in [-0.3, -0.25) is 9.59 Å². The van der Waals surface area contributed by atoms with Crippen LogP contribution in [0.15, 0.2) is 23.8 Å². The number of aliphatic hydroxyl groups is 1. The van der Waals surface area contributed by atoms with Gasteiger partial charge in [0.05, 0.1) is 6.42 Å². The summed E-state index contributed by atoms with van der Waals surface area (Å²) in [5.74, 6) is -0.202. The van der Waals surface area contributed by atoms with Crippen LogP contribution in [0.4, 0.5) is 0 Å². The first-order valence-corrected chi connectivity index (χ1v) is 6.38. The minimum absolute atomic E-state index is 0.00398. The molecule has 0 saturated heterocycles. The molecule has 0 atom stereocenters. The SMILES string of the molecule is C/C=C\C(=C/C)C(=O)CC(C)=O.CC.CC.CO. The lowest BCUT2D eigenvalue weighted by atomic mass is 10.1. The van der Waals surface area contributed by atoms with Crippen LogP contribution in [0, 0.1) is 0 Å². The molecule has 0 spiro atoms.